The monoisotopic (exact) mass is 273 g/mol. The lowest BCUT2D eigenvalue weighted by Crippen LogP contribution is -2.28. The lowest BCUT2D eigenvalue weighted by atomic mass is 10.3. The van der Waals surface area contributed by atoms with Gasteiger partial charge in [0.2, 0.25) is 6.29 Å². The molecular weight excluding hydrogens is 253 g/mol. The predicted octanol–water partition coefficient (Wildman–Crippen LogP) is -0.136. The van der Waals surface area contributed by atoms with Crippen molar-refractivity contribution < 1.29 is 9.59 Å². The van der Waals surface area contributed by atoms with E-state index in [9.17, 15) is 9.59 Å². The Bertz CT molecular complexity index is 171. The fourth-order valence-corrected chi connectivity index (χ4v) is 0.986. The highest BCUT2D eigenvalue weighted by Gasteiger charge is 1.94. The summed E-state index contributed by atoms with van der Waals surface area (Å²) in [5, 5.41) is 5.68. The van der Waals surface area contributed by atoms with Crippen molar-refractivity contribution in [2.24, 2.45) is 5.73 Å². The van der Waals surface area contributed by atoms with Gasteiger partial charge in [0.05, 0.1) is 0 Å². The fourth-order valence-electron chi connectivity index (χ4n) is 0.986. The van der Waals surface area contributed by atoms with Crippen molar-refractivity contribution in [3.8, 4) is 0 Å². The number of unbranched alkanes of at least 4 members (excludes halogenated alkanes) is 1. The van der Waals surface area contributed by atoms with E-state index in [0.29, 0.717) is 6.54 Å². The van der Waals surface area contributed by atoms with Gasteiger partial charge in [0.15, 0.2) is 0 Å². The van der Waals surface area contributed by atoms with Gasteiger partial charge >= 0.3 is 0 Å². The molecule has 0 aromatic heterocycles. The molecule has 0 spiro atoms. The summed E-state index contributed by atoms with van der Waals surface area (Å²) in [7, 11) is 0. The number of hydrogen-bond donors (Lipinski definition) is 3. The molecule has 0 rings (SSSR count). The number of carbonyl (C=O) groups excluding carboxylic acids is 2. The van der Waals surface area contributed by atoms with Crippen LogP contribution >= 0.6 is 24.8 Å². The fraction of sp³-hybridized carbons (Fsp3) is 0.778. The molecule has 0 unspecified atom stereocenters. The third-order valence-corrected chi connectivity index (χ3v) is 1.74. The number of nitrogens with two attached hydrogens (primary N) is 1. The summed E-state index contributed by atoms with van der Waals surface area (Å²) < 4.78 is 0. The molecule has 16 heavy (non-hydrogen) atoms. The highest BCUT2D eigenvalue weighted by atomic mass is 35.5. The summed E-state index contributed by atoms with van der Waals surface area (Å²) >= 11 is 0. The zero-order chi connectivity index (χ0) is 10.6. The Morgan fingerprint density at radius 1 is 1.06 bits per heavy atom. The second-order valence-corrected chi connectivity index (χ2v) is 3.01. The Morgan fingerprint density at radius 2 is 1.69 bits per heavy atom. The van der Waals surface area contributed by atoms with E-state index >= 15 is 0 Å². The Labute approximate surface area is 109 Å². The van der Waals surface area contributed by atoms with Crippen LogP contribution in [0.5, 0.6) is 0 Å². The minimum Gasteiger partial charge on any atom is -0.350 e. The summed E-state index contributed by atoms with van der Waals surface area (Å²) in [4.78, 5) is 20.4. The van der Waals surface area contributed by atoms with Crippen LogP contribution in [0.3, 0.4) is 0 Å². The molecule has 0 radical (unpaired) electrons. The molecule has 0 aliphatic heterocycles. The molecule has 0 aromatic carbocycles. The molecule has 1 amide bonds. The number of amides is 1. The van der Waals surface area contributed by atoms with Gasteiger partial charge in [-0.05, 0) is 38.9 Å². The molecular formula is C9H21Cl2N3O2. The molecule has 0 bridgehead atoms. The van der Waals surface area contributed by atoms with Gasteiger partial charge in [-0.2, -0.15) is 0 Å². The van der Waals surface area contributed by atoms with E-state index in [-0.39, 0.29) is 31.1 Å². The predicted molar refractivity (Wildman–Crippen MR) is 69.3 cm³/mol. The molecule has 98 valence electrons. The number of rotatable bonds is 9. The molecule has 0 heterocycles. The molecule has 4 N–H and O–H groups in total. The van der Waals surface area contributed by atoms with Gasteiger partial charge in [-0.25, -0.2) is 0 Å². The van der Waals surface area contributed by atoms with Crippen molar-refractivity contribution in [2.75, 3.05) is 26.2 Å². The Balaban J connectivity index is -0.000000845. The summed E-state index contributed by atoms with van der Waals surface area (Å²) in [5.41, 5.74) is 5.33. The second kappa shape index (κ2) is 17.0. The molecule has 0 atom stereocenters. The Kier molecular flexibility index (Phi) is 22.4. The number of nitrogens with one attached hydrogen (secondary N) is 2. The average Bonchev–Trinajstić information content (AvgIpc) is 2.21. The van der Waals surface area contributed by atoms with Gasteiger partial charge in [-0.1, -0.05) is 0 Å². The van der Waals surface area contributed by atoms with Gasteiger partial charge in [0, 0.05) is 6.54 Å². The van der Waals surface area contributed by atoms with Crippen LogP contribution < -0.4 is 16.4 Å². The zero-order valence-electron chi connectivity index (χ0n) is 9.24. The molecule has 0 aromatic rings. The Morgan fingerprint density at radius 3 is 2.25 bits per heavy atom. The third-order valence-electron chi connectivity index (χ3n) is 1.74. The third kappa shape index (κ3) is 16.1. The minimum absolute atomic E-state index is 0. The minimum atomic E-state index is -0.548. The first-order chi connectivity index (χ1) is 6.81. The second-order valence-electron chi connectivity index (χ2n) is 3.01. The van der Waals surface area contributed by atoms with Gasteiger partial charge in [-0.3, -0.25) is 9.59 Å². The van der Waals surface area contributed by atoms with Gasteiger partial charge in [0.1, 0.15) is 0 Å². The molecule has 0 saturated carbocycles. The smallest absolute Gasteiger partial charge is 0.284 e. The van der Waals surface area contributed by atoms with E-state index in [1.165, 1.54) is 0 Å². The van der Waals surface area contributed by atoms with E-state index in [1.54, 1.807) is 0 Å². The van der Waals surface area contributed by atoms with Gasteiger partial charge in [0.25, 0.3) is 5.91 Å². The van der Waals surface area contributed by atoms with Crippen molar-refractivity contribution in [2.45, 2.75) is 19.3 Å². The summed E-state index contributed by atoms with van der Waals surface area (Å²) in [5.74, 6) is -0.548. The lowest BCUT2D eigenvalue weighted by molar-refractivity contribution is -0.131. The number of aldehydes is 1. The average molecular weight is 274 g/mol. The first-order valence-electron chi connectivity index (χ1n) is 4.95. The molecule has 7 heteroatoms. The maximum absolute atomic E-state index is 10.5. The van der Waals surface area contributed by atoms with Crippen molar-refractivity contribution in [1.82, 2.24) is 10.6 Å². The van der Waals surface area contributed by atoms with Gasteiger partial charge in [-0.15, -0.1) is 24.8 Å². The van der Waals surface area contributed by atoms with E-state index in [2.05, 4.69) is 10.6 Å². The first kappa shape index (κ1) is 21.0. The molecule has 0 saturated heterocycles. The number of hydrogen-bond acceptors (Lipinski definition) is 4. The maximum Gasteiger partial charge on any atom is 0.284 e. The van der Waals surface area contributed by atoms with Crippen molar-refractivity contribution >= 4 is 37.0 Å². The lowest BCUT2D eigenvalue weighted by Gasteiger charge is -2.03. The van der Waals surface area contributed by atoms with Crippen LogP contribution in [0.15, 0.2) is 0 Å². The van der Waals surface area contributed by atoms with E-state index in [4.69, 9.17) is 5.73 Å². The van der Waals surface area contributed by atoms with Crippen LogP contribution in [0, 0.1) is 0 Å². The van der Waals surface area contributed by atoms with Crippen LogP contribution in [0.1, 0.15) is 19.3 Å². The van der Waals surface area contributed by atoms with E-state index < -0.39 is 5.91 Å². The maximum atomic E-state index is 10.5. The standard InChI is InChI=1S/C9H19N3O2.2ClH/c10-4-1-2-5-11-6-3-7-12-9(14)8-13;;/h8,11H,1-7,10H2,(H,12,14);2*1H. The normalized spacial score (nSPS) is 8.56. The SMILES string of the molecule is Cl.Cl.NCCCCNCCCNC(=O)C=O. The van der Waals surface area contributed by atoms with E-state index in [1.807, 2.05) is 0 Å². The summed E-state index contributed by atoms with van der Waals surface area (Å²) in [6.07, 6.45) is 3.24. The van der Waals surface area contributed by atoms with E-state index in [0.717, 1.165) is 38.9 Å². The highest BCUT2D eigenvalue weighted by Crippen LogP contribution is 1.82. The number of carbonyl (C=O) groups is 2. The van der Waals surface area contributed by atoms with Gasteiger partial charge < -0.3 is 16.4 Å². The van der Waals surface area contributed by atoms with Crippen LogP contribution in [-0.2, 0) is 9.59 Å². The molecule has 5 nitrogen and oxygen atoms in total. The quantitative estimate of drug-likeness (QED) is 0.310. The van der Waals surface area contributed by atoms with Crippen molar-refractivity contribution in [3.05, 3.63) is 0 Å². The summed E-state index contributed by atoms with van der Waals surface area (Å²) in [6.45, 7) is 3.08. The number of halogens is 2. The van der Waals surface area contributed by atoms with Crippen LogP contribution in [0.25, 0.3) is 0 Å². The van der Waals surface area contributed by atoms with Crippen LogP contribution in [-0.4, -0.2) is 38.4 Å². The molecule has 0 aliphatic carbocycles. The Hall–Kier alpha value is -0.360. The molecule has 0 aliphatic rings. The van der Waals surface area contributed by atoms with Crippen LogP contribution in [0.4, 0.5) is 0 Å². The highest BCUT2D eigenvalue weighted by molar-refractivity contribution is 6.23. The largest absolute Gasteiger partial charge is 0.350 e. The first-order valence-corrected chi connectivity index (χ1v) is 4.95. The van der Waals surface area contributed by atoms with Crippen LogP contribution in [0.2, 0.25) is 0 Å². The molecule has 0 fully saturated rings. The summed E-state index contributed by atoms with van der Waals surface area (Å²) in [6, 6.07) is 0. The van der Waals surface area contributed by atoms with Crippen molar-refractivity contribution in [1.29, 1.82) is 0 Å². The zero-order valence-corrected chi connectivity index (χ0v) is 10.9. The van der Waals surface area contributed by atoms with Crippen molar-refractivity contribution in [3.63, 3.8) is 0 Å². The topological polar surface area (TPSA) is 84.2 Å².